The summed E-state index contributed by atoms with van der Waals surface area (Å²) in [6, 6.07) is 0. The van der Waals surface area contributed by atoms with Gasteiger partial charge in [0.1, 0.15) is 0 Å². The molecule has 0 aliphatic heterocycles. The number of hydrogen-bond acceptors (Lipinski definition) is 2. The molecule has 0 bridgehead atoms. The largest absolute Gasteiger partial charge is 0.370 e. The summed E-state index contributed by atoms with van der Waals surface area (Å²) < 4.78 is 6.54. The molecule has 2 rings (SSSR count). The minimum Gasteiger partial charge on any atom is -0.370 e. The van der Waals surface area contributed by atoms with Crippen LogP contribution in [0.25, 0.3) is 0 Å². The SMILES string of the molecule is CCC1CCCCC1OC1(CN)CCC(C)C1. The van der Waals surface area contributed by atoms with Crippen LogP contribution >= 0.6 is 0 Å². The van der Waals surface area contributed by atoms with Crippen molar-refractivity contribution in [1.29, 1.82) is 0 Å². The van der Waals surface area contributed by atoms with Gasteiger partial charge in [0, 0.05) is 6.54 Å². The third-order valence-electron chi connectivity index (χ3n) is 4.95. The fourth-order valence-corrected chi connectivity index (χ4v) is 3.81. The molecule has 0 aromatic rings. The van der Waals surface area contributed by atoms with Gasteiger partial charge in [-0.2, -0.15) is 0 Å². The maximum absolute atomic E-state index is 6.54. The molecule has 0 saturated heterocycles. The number of ether oxygens (including phenoxy) is 1. The molecular weight excluding hydrogens is 210 g/mol. The van der Waals surface area contributed by atoms with Crippen LogP contribution in [0.5, 0.6) is 0 Å². The van der Waals surface area contributed by atoms with E-state index >= 15 is 0 Å². The lowest BCUT2D eigenvalue weighted by molar-refractivity contribution is -0.120. The summed E-state index contributed by atoms with van der Waals surface area (Å²) in [5.41, 5.74) is 6.03. The second-order valence-electron chi connectivity index (χ2n) is 6.34. The van der Waals surface area contributed by atoms with Gasteiger partial charge in [-0.05, 0) is 43.9 Å². The zero-order valence-corrected chi connectivity index (χ0v) is 11.6. The molecule has 2 heteroatoms. The lowest BCUT2D eigenvalue weighted by atomic mass is 9.84. The van der Waals surface area contributed by atoms with E-state index in [9.17, 15) is 0 Å². The maximum Gasteiger partial charge on any atom is 0.0810 e. The first-order valence-corrected chi connectivity index (χ1v) is 7.57. The van der Waals surface area contributed by atoms with Crippen molar-refractivity contribution in [3.8, 4) is 0 Å². The highest BCUT2D eigenvalue weighted by molar-refractivity contribution is 4.92. The molecule has 2 saturated carbocycles. The zero-order chi connectivity index (χ0) is 12.3. The minimum atomic E-state index is 0.0227. The first kappa shape index (κ1) is 13.4. The average molecular weight is 239 g/mol. The van der Waals surface area contributed by atoms with E-state index in [-0.39, 0.29) is 5.60 Å². The molecule has 0 heterocycles. The Morgan fingerprint density at radius 1 is 1.24 bits per heavy atom. The van der Waals surface area contributed by atoms with Crippen molar-refractivity contribution in [2.45, 2.75) is 76.9 Å². The highest BCUT2D eigenvalue weighted by atomic mass is 16.5. The maximum atomic E-state index is 6.54. The first-order chi connectivity index (χ1) is 8.19. The Kier molecular flexibility index (Phi) is 4.48. The van der Waals surface area contributed by atoms with E-state index in [1.54, 1.807) is 0 Å². The molecule has 0 spiro atoms. The van der Waals surface area contributed by atoms with Crippen molar-refractivity contribution < 1.29 is 4.74 Å². The summed E-state index contributed by atoms with van der Waals surface area (Å²) in [6.45, 7) is 5.35. The topological polar surface area (TPSA) is 35.2 Å². The summed E-state index contributed by atoms with van der Waals surface area (Å²) in [5.74, 6) is 1.57. The second-order valence-corrected chi connectivity index (χ2v) is 6.34. The van der Waals surface area contributed by atoms with E-state index in [0.717, 1.165) is 11.8 Å². The molecule has 17 heavy (non-hydrogen) atoms. The second kappa shape index (κ2) is 5.71. The molecule has 4 atom stereocenters. The predicted molar refractivity (Wildman–Crippen MR) is 71.9 cm³/mol. The van der Waals surface area contributed by atoms with E-state index in [2.05, 4.69) is 13.8 Å². The summed E-state index contributed by atoms with van der Waals surface area (Å²) in [7, 11) is 0. The van der Waals surface area contributed by atoms with Crippen molar-refractivity contribution in [1.82, 2.24) is 0 Å². The molecule has 100 valence electrons. The van der Waals surface area contributed by atoms with Gasteiger partial charge >= 0.3 is 0 Å². The molecule has 0 radical (unpaired) electrons. The van der Waals surface area contributed by atoms with Gasteiger partial charge in [0.2, 0.25) is 0 Å². The van der Waals surface area contributed by atoms with Crippen molar-refractivity contribution in [2.24, 2.45) is 17.6 Å². The van der Waals surface area contributed by atoms with Crippen LogP contribution in [0.15, 0.2) is 0 Å². The van der Waals surface area contributed by atoms with E-state index in [4.69, 9.17) is 10.5 Å². The molecular formula is C15H29NO. The van der Waals surface area contributed by atoms with Gasteiger partial charge < -0.3 is 10.5 Å². The number of nitrogens with two attached hydrogens (primary N) is 1. The Balaban J connectivity index is 1.97. The molecule has 4 unspecified atom stereocenters. The van der Waals surface area contributed by atoms with Gasteiger partial charge in [-0.1, -0.05) is 33.1 Å². The van der Waals surface area contributed by atoms with Crippen LogP contribution in [0.4, 0.5) is 0 Å². The lowest BCUT2D eigenvalue weighted by Gasteiger charge is -2.39. The minimum absolute atomic E-state index is 0.0227. The molecule has 0 amide bonds. The highest BCUT2D eigenvalue weighted by Crippen LogP contribution is 2.40. The monoisotopic (exact) mass is 239 g/mol. The van der Waals surface area contributed by atoms with E-state index in [0.29, 0.717) is 12.6 Å². The van der Waals surface area contributed by atoms with E-state index < -0.39 is 0 Å². The average Bonchev–Trinajstić information content (AvgIpc) is 2.72. The van der Waals surface area contributed by atoms with Crippen LogP contribution in [-0.2, 0) is 4.74 Å². The predicted octanol–water partition coefficient (Wildman–Crippen LogP) is 3.49. The van der Waals surface area contributed by atoms with Crippen LogP contribution in [0, 0.1) is 11.8 Å². The molecule has 2 aliphatic carbocycles. The van der Waals surface area contributed by atoms with Crippen molar-refractivity contribution in [3.63, 3.8) is 0 Å². The molecule has 2 fully saturated rings. The standard InChI is InChI=1S/C15H29NO/c1-3-13-6-4-5-7-14(13)17-15(11-16)9-8-12(2)10-15/h12-14H,3-11,16H2,1-2H3. The summed E-state index contributed by atoms with van der Waals surface area (Å²) >= 11 is 0. The Morgan fingerprint density at radius 3 is 2.59 bits per heavy atom. The van der Waals surface area contributed by atoms with Gasteiger partial charge in [-0.15, -0.1) is 0 Å². The molecule has 2 nitrogen and oxygen atoms in total. The van der Waals surface area contributed by atoms with Crippen LogP contribution in [0.1, 0.15) is 65.2 Å². The van der Waals surface area contributed by atoms with Gasteiger partial charge in [0.25, 0.3) is 0 Å². The summed E-state index contributed by atoms with van der Waals surface area (Å²) in [5, 5.41) is 0. The van der Waals surface area contributed by atoms with Crippen molar-refractivity contribution in [2.75, 3.05) is 6.54 Å². The Bertz CT molecular complexity index is 243. The van der Waals surface area contributed by atoms with Crippen LogP contribution in [-0.4, -0.2) is 18.2 Å². The lowest BCUT2D eigenvalue weighted by Crippen LogP contribution is -2.44. The van der Waals surface area contributed by atoms with E-state index in [1.165, 1.54) is 51.4 Å². The Hall–Kier alpha value is -0.0800. The van der Waals surface area contributed by atoms with Crippen LogP contribution in [0.3, 0.4) is 0 Å². The third-order valence-corrected chi connectivity index (χ3v) is 4.95. The fraction of sp³-hybridized carbons (Fsp3) is 1.00. The smallest absolute Gasteiger partial charge is 0.0810 e. The molecule has 0 aromatic heterocycles. The van der Waals surface area contributed by atoms with Crippen LogP contribution in [0.2, 0.25) is 0 Å². The number of hydrogen-bond donors (Lipinski definition) is 1. The fourth-order valence-electron chi connectivity index (χ4n) is 3.81. The normalized spacial score (nSPS) is 42.9. The van der Waals surface area contributed by atoms with Gasteiger partial charge in [-0.3, -0.25) is 0 Å². The molecule has 2 aliphatic rings. The molecule has 2 N–H and O–H groups in total. The first-order valence-electron chi connectivity index (χ1n) is 7.57. The van der Waals surface area contributed by atoms with Gasteiger partial charge in [-0.25, -0.2) is 0 Å². The van der Waals surface area contributed by atoms with Crippen molar-refractivity contribution >= 4 is 0 Å². The van der Waals surface area contributed by atoms with Gasteiger partial charge in [0.05, 0.1) is 11.7 Å². The quantitative estimate of drug-likeness (QED) is 0.815. The Morgan fingerprint density at radius 2 is 2.00 bits per heavy atom. The summed E-state index contributed by atoms with van der Waals surface area (Å²) in [6.07, 6.45) is 10.8. The van der Waals surface area contributed by atoms with E-state index in [1.807, 2.05) is 0 Å². The highest BCUT2D eigenvalue weighted by Gasteiger charge is 2.40. The van der Waals surface area contributed by atoms with Gasteiger partial charge in [0.15, 0.2) is 0 Å². The third kappa shape index (κ3) is 3.03. The van der Waals surface area contributed by atoms with Crippen LogP contribution < -0.4 is 5.73 Å². The Labute approximate surface area is 106 Å². The van der Waals surface area contributed by atoms with Crippen molar-refractivity contribution in [3.05, 3.63) is 0 Å². The summed E-state index contributed by atoms with van der Waals surface area (Å²) in [4.78, 5) is 0. The number of rotatable bonds is 4. The zero-order valence-electron chi connectivity index (χ0n) is 11.6. The molecule has 0 aromatic carbocycles.